The molecule has 0 radical (unpaired) electrons. The van der Waals surface area contributed by atoms with Gasteiger partial charge in [-0.1, -0.05) is 11.8 Å². The summed E-state index contributed by atoms with van der Waals surface area (Å²) in [5, 5.41) is 2.90. The van der Waals surface area contributed by atoms with Crippen molar-refractivity contribution in [2.75, 3.05) is 55.2 Å². The second-order valence-corrected chi connectivity index (χ2v) is 8.98. The van der Waals surface area contributed by atoms with E-state index in [1.54, 1.807) is 0 Å². The third-order valence-corrected chi connectivity index (χ3v) is 6.32. The maximum atomic E-state index is 12.2. The van der Waals surface area contributed by atoms with E-state index in [-0.39, 0.29) is 23.6 Å². The molecule has 0 saturated carbocycles. The number of imidazole rings is 1. The Morgan fingerprint density at radius 3 is 2.58 bits per heavy atom. The molecule has 1 saturated heterocycles. The Labute approximate surface area is 187 Å². The van der Waals surface area contributed by atoms with Gasteiger partial charge in [0.2, 0.25) is 11.0 Å². The van der Waals surface area contributed by atoms with E-state index in [1.807, 2.05) is 66.8 Å². The number of benzene rings is 1. The Morgan fingerprint density at radius 1 is 1.23 bits per heavy atom. The minimum absolute atomic E-state index is 0.0708. The zero-order valence-corrected chi connectivity index (χ0v) is 19.4. The maximum Gasteiger partial charge on any atom is 0.378 e. The van der Waals surface area contributed by atoms with Crippen LogP contribution in [0.3, 0.4) is 0 Å². The molecule has 10 heteroatoms. The normalized spacial score (nSPS) is 15.9. The highest BCUT2D eigenvalue weighted by molar-refractivity contribution is 8.14. The Morgan fingerprint density at radius 2 is 1.97 bits per heavy atom. The van der Waals surface area contributed by atoms with E-state index >= 15 is 0 Å². The number of hydrazine groups is 1. The smallest absolute Gasteiger partial charge is 0.373 e. The van der Waals surface area contributed by atoms with E-state index in [0.29, 0.717) is 0 Å². The van der Waals surface area contributed by atoms with Crippen molar-refractivity contribution in [2.24, 2.45) is 14.1 Å². The predicted molar refractivity (Wildman–Crippen MR) is 125 cm³/mol. The van der Waals surface area contributed by atoms with Gasteiger partial charge in [-0.2, -0.15) is 5.43 Å². The highest BCUT2D eigenvalue weighted by Crippen LogP contribution is 2.19. The molecule has 31 heavy (non-hydrogen) atoms. The van der Waals surface area contributed by atoms with Crippen molar-refractivity contribution >= 4 is 40.1 Å². The lowest BCUT2D eigenvalue weighted by molar-refractivity contribution is -0.656. The third kappa shape index (κ3) is 6.38. The number of amides is 1. The molecule has 3 rings (SSSR count). The number of thioether (sulfide) groups is 1. The van der Waals surface area contributed by atoms with Crippen molar-refractivity contribution in [1.82, 2.24) is 14.8 Å². The van der Waals surface area contributed by atoms with Crippen LogP contribution in [-0.2, 0) is 23.7 Å². The molecular weight excluding hydrogens is 414 g/mol. The van der Waals surface area contributed by atoms with Gasteiger partial charge >= 0.3 is 5.95 Å². The Hall–Kier alpha value is -2.72. The van der Waals surface area contributed by atoms with Crippen molar-refractivity contribution in [3.05, 3.63) is 36.7 Å². The van der Waals surface area contributed by atoms with Gasteiger partial charge in [-0.15, -0.1) is 0 Å². The average Bonchev–Trinajstić information content (AvgIpc) is 3.29. The van der Waals surface area contributed by atoms with E-state index in [1.165, 1.54) is 11.8 Å². The zero-order chi connectivity index (χ0) is 22.4. The fourth-order valence-corrected chi connectivity index (χ4v) is 4.27. The van der Waals surface area contributed by atoms with Crippen LogP contribution in [0.4, 0.5) is 17.3 Å². The van der Waals surface area contributed by atoms with Gasteiger partial charge in [0.1, 0.15) is 0 Å². The molecule has 1 aromatic carbocycles. The van der Waals surface area contributed by atoms with Gasteiger partial charge in [0, 0.05) is 31.6 Å². The van der Waals surface area contributed by atoms with E-state index in [2.05, 4.69) is 33.2 Å². The number of nitrogens with one attached hydrogen (secondary N) is 3. The molecular formula is C21H32N7O2S+. The maximum absolute atomic E-state index is 12.2. The topological polar surface area (TPSA) is 85.5 Å². The van der Waals surface area contributed by atoms with Crippen LogP contribution in [0, 0.1) is 0 Å². The van der Waals surface area contributed by atoms with Gasteiger partial charge in [-0.25, -0.2) is 9.13 Å². The van der Waals surface area contributed by atoms with Crippen molar-refractivity contribution in [3.63, 3.8) is 0 Å². The molecule has 1 amide bonds. The van der Waals surface area contributed by atoms with E-state index in [4.69, 9.17) is 0 Å². The first-order valence-corrected chi connectivity index (χ1v) is 11.3. The van der Waals surface area contributed by atoms with Crippen LogP contribution in [0.2, 0.25) is 0 Å². The van der Waals surface area contributed by atoms with Crippen LogP contribution < -0.4 is 25.6 Å². The van der Waals surface area contributed by atoms with E-state index in [0.717, 1.165) is 42.6 Å². The third-order valence-electron chi connectivity index (χ3n) is 5.31. The van der Waals surface area contributed by atoms with E-state index < -0.39 is 0 Å². The van der Waals surface area contributed by atoms with Crippen LogP contribution in [0.25, 0.3) is 0 Å². The largest absolute Gasteiger partial charge is 0.378 e. The zero-order valence-electron chi connectivity index (χ0n) is 18.6. The molecule has 9 nitrogen and oxygen atoms in total. The minimum Gasteiger partial charge on any atom is -0.373 e. The summed E-state index contributed by atoms with van der Waals surface area (Å²) >= 11 is 1.30. The van der Waals surface area contributed by atoms with Gasteiger partial charge in [-0.3, -0.25) is 19.9 Å². The Balaban J connectivity index is 1.41. The second-order valence-electron chi connectivity index (χ2n) is 7.88. The van der Waals surface area contributed by atoms with Crippen LogP contribution >= 0.6 is 11.8 Å². The summed E-state index contributed by atoms with van der Waals surface area (Å²) in [6.07, 6.45) is 4.69. The molecule has 168 valence electrons. The van der Waals surface area contributed by atoms with Gasteiger partial charge in [0.15, 0.2) is 0 Å². The number of rotatable bonds is 10. The van der Waals surface area contributed by atoms with Crippen molar-refractivity contribution in [3.8, 4) is 0 Å². The summed E-state index contributed by atoms with van der Waals surface area (Å²) in [5.74, 6) is 1.64. The molecule has 2 heterocycles. The summed E-state index contributed by atoms with van der Waals surface area (Å²) in [6, 6.07) is 7.85. The van der Waals surface area contributed by atoms with E-state index in [9.17, 15) is 9.59 Å². The lowest BCUT2D eigenvalue weighted by atomic mass is 10.2. The van der Waals surface area contributed by atoms with Crippen LogP contribution in [0.1, 0.15) is 6.42 Å². The number of aryl methyl sites for hydroxylation is 2. The number of carbonyl (C=O) groups is 2. The number of anilines is 3. The van der Waals surface area contributed by atoms with Crippen molar-refractivity contribution in [2.45, 2.75) is 12.5 Å². The Bertz CT molecular complexity index is 880. The molecule has 1 fully saturated rings. The fourth-order valence-electron chi connectivity index (χ4n) is 3.33. The summed E-state index contributed by atoms with van der Waals surface area (Å²) in [7, 11) is 7.92. The molecule has 1 atom stereocenters. The van der Waals surface area contributed by atoms with Crippen molar-refractivity contribution in [1.29, 1.82) is 0 Å². The highest BCUT2D eigenvalue weighted by Gasteiger charge is 2.26. The Kier molecular flexibility index (Phi) is 7.80. The predicted octanol–water partition coefficient (Wildman–Crippen LogP) is 0.805. The molecule has 0 aliphatic carbocycles. The first kappa shape index (κ1) is 23.0. The second kappa shape index (κ2) is 10.5. The molecule has 3 N–H and O–H groups in total. The number of hydrogen-bond donors (Lipinski definition) is 3. The number of hydrogen-bond acceptors (Lipinski definition) is 7. The molecule has 1 unspecified atom stereocenters. The average molecular weight is 447 g/mol. The standard InChI is InChI=1S/C21H31N7O2S/c1-25(15-19(29)22-18-9-14-31-20(18)30)10-11-26(2)17-7-5-16(6-8-17)23-24-21-27(3)12-13-28(21)4/h5-8,12-13,18,23H,9-11,14-15H2,1-4H3,(H,22,29)/p+1. The first-order valence-electron chi connectivity index (χ1n) is 10.3. The number of likely N-dealkylation sites (N-methyl/N-ethyl adjacent to an activating group) is 2. The number of aromatic nitrogens is 2. The number of carbonyl (C=O) groups excluding carboxylic acids is 2. The fraction of sp³-hybridized carbons (Fsp3) is 0.476. The molecule has 2 aromatic rings. The number of nitrogens with zero attached hydrogens (tertiary/aromatic N) is 4. The lowest BCUT2D eigenvalue weighted by Crippen LogP contribution is -2.43. The first-order chi connectivity index (χ1) is 14.8. The van der Waals surface area contributed by atoms with Crippen molar-refractivity contribution < 1.29 is 14.2 Å². The molecule has 1 aliphatic rings. The summed E-state index contributed by atoms with van der Waals surface area (Å²) in [6.45, 7) is 1.81. The highest BCUT2D eigenvalue weighted by atomic mass is 32.2. The van der Waals surface area contributed by atoms with Gasteiger partial charge in [-0.05, 0) is 37.7 Å². The SMILES string of the molecule is CN(CCN(C)c1ccc(NNc2n(C)cc[n+]2C)cc1)CC(=O)NC1CCSC1=O. The van der Waals surface area contributed by atoms with Crippen LogP contribution in [0.15, 0.2) is 36.7 Å². The molecule has 1 aromatic heterocycles. The summed E-state index contributed by atoms with van der Waals surface area (Å²) < 4.78 is 3.99. The summed E-state index contributed by atoms with van der Waals surface area (Å²) in [5.41, 5.74) is 8.48. The van der Waals surface area contributed by atoms with Gasteiger partial charge < -0.3 is 10.2 Å². The summed E-state index contributed by atoms with van der Waals surface area (Å²) in [4.78, 5) is 27.9. The van der Waals surface area contributed by atoms with Gasteiger partial charge in [0.05, 0.1) is 44.8 Å². The van der Waals surface area contributed by atoms with Crippen LogP contribution in [0.5, 0.6) is 0 Å². The lowest BCUT2D eigenvalue weighted by Gasteiger charge is -2.24. The molecule has 0 bridgehead atoms. The molecule has 0 spiro atoms. The van der Waals surface area contributed by atoms with Crippen LogP contribution in [-0.4, -0.2) is 66.0 Å². The minimum atomic E-state index is -0.320. The monoisotopic (exact) mass is 446 g/mol. The quantitative estimate of drug-likeness (QED) is 0.368. The van der Waals surface area contributed by atoms with Gasteiger partial charge in [0.25, 0.3) is 0 Å². The molecule has 1 aliphatic heterocycles.